The fourth-order valence-corrected chi connectivity index (χ4v) is 8.40. The van der Waals surface area contributed by atoms with Gasteiger partial charge in [-0.25, -0.2) is 0 Å². The summed E-state index contributed by atoms with van der Waals surface area (Å²) < 4.78 is 48.9. The minimum atomic E-state index is -2.58. The molecule has 45 heavy (non-hydrogen) atoms. The summed E-state index contributed by atoms with van der Waals surface area (Å²) in [5.74, 6) is -0.190. The number of carbonyl (C=O) groups excluding carboxylic acids is 2. The number of hydrogen-bond donors (Lipinski definition) is 0. The van der Waals surface area contributed by atoms with Crippen molar-refractivity contribution in [3.05, 3.63) is 73.1 Å². The number of carbonyl (C=O) groups is 2. The van der Waals surface area contributed by atoms with Gasteiger partial charge in [-0.3, -0.25) is 0 Å². The van der Waals surface area contributed by atoms with Crippen LogP contribution in [-0.2, 0) is 16.0 Å². The first-order chi connectivity index (χ1) is 20.8. The fraction of sp³-hybridized carbons (Fsp3) is 0.469. The van der Waals surface area contributed by atoms with Crippen LogP contribution in [0.3, 0.4) is 0 Å². The molecule has 2 aromatic rings. The van der Waals surface area contributed by atoms with E-state index in [-0.39, 0.29) is 28.4 Å². The summed E-state index contributed by atoms with van der Waals surface area (Å²) in [6.45, 7) is 14.2. The van der Waals surface area contributed by atoms with Gasteiger partial charge in [0.05, 0.1) is 0 Å². The molecule has 248 valence electrons. The predicted octanol–water partition coefficient (Wildman–Crippen LogP) is 6.74. The second-order valence-electron chi connectivity index (χ2n) is 12.6. The molecule has 10 nitrogen and oxygen atoms in total. The predicted molar refractivity (Wildman–Crippen MR) is 178 cm³/mol. The third-order valence-electron chi connectivity index (χ3n) is 6.47. The molecule has 1 heterocycles. The standard InChI is InChI=1S/C32H44F2IN5O5/c1-21-37(9)19-39(20-38(21)10)28(36-29(41)44-31(2,3)4)40(30(42)45-32(5,6)7)18-22-12-17-25(33)27(26(22)34)35(8)23-13-15-24(43-11)16-14-23/h12-17H,1,18-20H2,2-11H3. The quantitative estimate of drug-likeness (QED) is 0.110. The van der Waals surface area contributed by atoms with E-state index < -0.39 is 61.4 Å². The Bertz CT molecular complexity index is 1430. The van der Waals surface area contributed by atoms with E-state index in [0.29, 0.717) is 11.6 Å². The number of hydrogen-bond acceptors (Lipinski definition) is 7. The maximum absolute atomic E-state index is 16.4. The van der Waals surface area contributed by atoms with Crippen LogP contribution in [0.1, 0.15) is 47.1 Å². The zero-order valence-electron chi connectivity index (χ0n) is 27.7. The van der Waals surface area contributed by atoms with Gasteiger partial charge in [-0.2, -0.15) is 0 Å². The van der Waals surface area contributed by atoms with E-state index in [2.05, 4.69) is 11.6 Å². The zero-order chi connectivity index (χ0) is 33.9. The van der Waals surface area contributed by atoms with E-state index in [4.69, 9.17) is 14.2 Å². The van der Waals surface area contributed by atoms with E-state index in [9.17, 15) is 9.59 Å². The Labute approximate surface area is 272 Å². The first kappa shape index (κ1) is 35.9. The molecule has 1 saturated heterocycles. The molecule has 2 amide bonds. The second kappa shape index (κ2) is 14.2. The molecule has 0 N–H and O–H groups in total. The number of halogens is 3. The summed E-state index contributed by atoms with van der Waals surface area (Å²) in [5, 5.41) is 0. The molecule has 0 bridgehead atoms. The Morgan fingerprint density at radius 1 is 0.956 bits per heavy atom. The normalized spacial score (nSPS) is 14.8. The summed E-state index contributed by atoms with van der Waals surface area (Å²) in [5.41, 5.74) is -1.76. The molecule has 13 heteroatoms. The van der Waals surface area contributed by atoms with Crippen molar-refractivity contribution in [1.29, 1.82) is 0 Å². The van der Waals surface area contributed by atoms with Gasteiger partial charge in [-0.05, 0) is 0 Å². The summed E-state index contributed by atoms with van der Waals surface area (Å²) in [6.07, 6.45) is -1.81. The number of guanidine groups is 1. The van der Waals surface area contributed by atoms with Crippen molar-refractivity contribution in [2.24, 2.45) is 4.99 Å². The van der Waals surface area contributed by atoms with Gasteiger partial charge in [0.2, 0.25) is 0 Å². The summed E-state index contributed by atoms with van der Waals surface area (Å²) in [6, 6.07) is 9.64. The average Bonchev–Trinajstić information content (AvgIpc) is 2.92. The third kappa shape index (κ3) is 9.44. The molecule has 0 saturated carbocycles. The number of ether oxygens (including phenoxy) is 3. The van der Waals surface area contributed by atoms with Crippen LogP contribution < -0.4 is 4.74 Å². The average molecular weight is 744 g/mol. The van der Waals surface area contributed by atoms with Crippen LogP contribution in [0, 0.1) is 18.8 Å². The molecule has 2 aromatic carbocycles. The number of rotatable bonds is 5. The summed E-state index contributed by atoms with van der Waals surface area (Å²) in [4.78, 5) is 39.3. The molecule has 3 rings (SSSR count). The molecule has 1 aliphatic rings. The van der Waals surface area contributed by atoms with E-state index in [1.807, 2.05) is 17.1 Å². The van der Waals surface area contributed by atoms with Gasteiger partial charge in [0, 0.05) is 0 Å². The van der Waals surface area contributed by atoms with E-state index in [0.717, 1.165) is 8.47 Å². The first-order valence-electron chi connectivity index (χ1n) is 14.2. The number of benzene rings is 2. The summed E-state index contributed by atoms with van der Waals surface area (Å²) >= 11 is -2.58. The molecule has 0 spiro atoms. The van der Waals surface area contributed by atoms with Crippen LogP contribution in [0.2, 0.25) is 0 Å². The molecule has 0 radical (unpaired) electrons. The first-order valence-corrected chi connectivity index (χ1v) is 18.5. The van der Waals surface area contributed by atoms with Gasteiger partial charge < -0.3 is 0 Å². The monoisotopic (exact) mass is 743 g/mol. The van der Waals surface area contributed by atoms with E-state index >= 15 is 8.78 Å². The van der Waals surface area contributed by atoms with Crippen molar-refractivity contribution < 1.29 is 32.6 Å². The third-order valence-corrected chi connectivity index (χ3v) is 11.7. The van der Waals surface area contributed by atoms with Crippen molar-refractivity contribution in [2.45, 2.75) is 59.3 Å². The van der Waals surface area contributed by atoms with E-state index in [1.54, 1.807) is 89.6 Å². The van der Waals surface area contributed by atoms with Gasteiger partial charge in [0.1, 0.15) is 0 Å². The van der Waals surface area contributed by atoms with Crippen LogP contribution in [-0.4, -0.2) is 88.4 Å². The van der Waals surface area contributed by atoms with Gasteiger partial charge >= 0.3 is 273 Å². The molecule has 1 aliphatic heterocycles. The van der Waals surface area contributed by atoms with Gasteiger partial charge in [0.15, 0.2) is 0 Å². The number of aliphatic imine (C=N–C) groups is 1. The molecule has 0 aromatic heterocycles. The molecule has 1 fully saturated rings. The van der Waals surface area contributed by atoms with Gasteiger partial charge in [-0.1, -0.05) is 0 Å². The minimum absolute atomic E-state index is 0.00891. The Kier molecular flexibility index (Phi) is 11.3. The number of alkyl halides is 1. The van der Waals surface area contributed by atoms with Crippen LogP contribution in [0.15, 0.2) is 53.8 Å². The number of amides is 2. The van der Waals surface area contributed by atoms with Crippen molar-refractivity contribution in [1.82, 2.24) is 19.6 Å². The molecule has 0 atom stereocenters. The van der Waals surface area contributed by atoms with Crippen LogP contribution in [0.5, 0.6) is 5.75 Å². The number of methoxy groups -OCH3 is 1. The Balaban J connectivity index is 2.15. The van der Waals surface area contributed by atoms with Crippen molar-refractivity contribution >= 4 is 38.0 Å². The van der Waals surface area contributed by atoms with Crippen LogP contribution in [0.4, 0.5) is 18.4 Å². The Morgan fingerprint density at radius 3 is 2.02 bits per heavy atom. The van der Waals surface area contributed by atoms with Crippen molar-refractivity contribution in [3.8, 4) is 5.75 Å². The van der Waals surface area contributed by atoms with Crippen molar-refractivity contribution in [3.63, 3.8) is 0 Å². The second-order valence-corrected chi connectivity index (χ2v) is 17.6. The maximum atomic E-state index is 16.4. The van der Waals surface area contributed by atoms with E-state index in [1.165, 1.54) is 12.1 Å². The topological polar surface area (TPSA) is 87.2 Å². The van der Waals surface area contributed by atoms with Crippen LogP contribution in [0.25, 0.3) is 0 Å². The van der Waals surface area contributed by atoms with Gasteiger partial charge in [-0.15, -0.1) is 0 Å². The molecule has 0 unspecified atom stereocenters. The molecular formula is C32H44F2IN5O5. The van der Waals surface area contributed by atoms with Gasteiger partial charge in [0.25, 0.3) is 0 Å². The van der Waals surface area contributed by atoms with Crippen molar-refractivity contribution in [2.75, 3.05) is 39.5 Å². The zero-order valence-corrected chi connectivity index (χ0v) is 29.9. The number of nitrogens with zero attached hydrogens (tertiary/aromatic N) is 5. The molecular weight excluding hydrogens is 699 g/mol. The Hall–Kier alpha value is -3.62. The fourth-order valence-electron chi connectivity index (χ4n) is 4.33. The van der Waals surface area contributed by atoms with Crippen LogP contribution >= 0.6 is 19.8 Å². The molecule has 0 aliphatic carbocycles. The summed E-state index contributed by atoms with van der Waals surface area (Å²) in [7, 11) is 5.14. The SMILES string of the molecule is C=C1N(C)CN(C(=NC(=O)OC(C)(C)C)N(Cc2ccc(F)c(I(C)c3ccc(OC)cc3)c2F)C(=O)OC(C)(C)C)CN1C. The Morgan fingerprint density at radius 2 is 1.51 bits per heavy atom.